The Labute approximate surface area is 220 Å². The largest absolute Gasteiger partial charge is 0.399 e. The summed E-state index contributed by atoms with van der Waals surface area (Å²) in [7, 11) is 1.61. The monoisotopic (exact) mass is 524 g/mol. The van der Waals surface area contributed by atoms with Crippen molar-refractivity contribution in [2.45, 2.75) is 57.0 Å². The van der Waals surface area contributed by atoms with E-state index in [4.69, 9.17) is 4.84 Å². The molecule has 1 amide bonds. The van der Waals surface area contributed by atoms with Crippen LogP contribution in [0.15, 0.2) is 29.4 Å². The molecule has 2 aliphatic heterocycles. The van der Waals surface area contributed by atoms with E-state index in [2.05, 4.69) is 52.5 Å². The quantitative estimate of drug-likeness (QED) is 0.197. The maximum absolute atomic E-state index is 13.6. The second-order valence-electron chi connectivity index (χ2n) is 9.50. The fraction of sp³-hybridized carbons (Fsp3) is 0.692. The second-order valence-corrected chi connectivity index (χ2v) is 10.4. The van der Waals surface area contributed by atoms with E-state index in [0.29, 0.717) is 36.8 Å². The highest BCUT2D eigenvalue weighted by molar-refractivity contribution is 7.80. The summed E-state index contributed by atoms with van der Waals surface area (Å²) in [5, 5.41) is 7.35. The van der Waals surface area contributed by atoms with Gasteiger partial charge in [-0.15, -0.1) is 0 Å². The van der Waals surface area contributed by atoms with E-state index in [1.54, 1.807) is 19.2 Å². The molecule has 196 valence electrons. The molecule has 3 rings (SSSR count). The molecule has 35 heavy (non-hydrogen) atoms. The fourth-order valence-corrected chi connectivity index (χ4v) is 6.38. The Morgan fingerprint density at radius 1 is 1.23 bits per heavy atom. The standard InChI is InChI=1S/C26H41FN4O2S2/c1-3-23(29-33-2)26-22(19-5-7-20(27)8-6-19)17-21-9-10-24(26)31(21)13-4-12-30(14-16-35)18-25(32)28-11-15-34/h5-8,21-22,24,26,34-35H,3-4,9-18H2,1-2H3,(H,28,32)/b29-23-. The van der Waals surface area contributed by atoms with Gasteiger partial charge >= 0.3 is 0 Å². The van der Waals surface area contributed by atoms with Gasteiger partial charge in [-0.25, -0.2) is 4.39 Å². The third kappa shape index (κ3) is 7.60. The number of carbonyl (C=O) groups excluding carboxylic acids is 1. The number of halogens is 1. The number of nitrogens with zero attached hydrogens (tertiary/aromatic N) is 3. The Balaban J connectivity index is 1.69. The molecule has 1 aromatic carbocycles. The minimum Gasteiger partial charge on any atom is -0.399 e. The van der Waals surface area contributed by atoms with Crippen molar-refractivity contribution in [1.82, 2.24) is 15.1 Å². The van der Waals surface area contributed by atoms with Crippen LogP contribution in [0.5, 0.6) is 0 Å². The van der Waals surface area contributed by atoms with Crippen LogP contribution in [0.1, 0.15) is 50.5 Å². The number of hydrogen-bond donors (Lipinski definition) is 3. The van der Waals surface area contributed by atoms with Gasteiger partial charge in [-0.3, -0.25) is 14.6 Å². The molecule has 0 aliphatic carbocycles. The molecule has 2 heterocycles. The van der Waals surface area contributed by atoms with Crippen molar-refractivity contribution in [3.05, 3.63) is 35.6 Å². The van der Waals surface area contributed by atoms with E-state index in [1.165, 1.54) is 12.0 Å². The zero-order valence-corrected chi connectivity index (χ0v) is 22.8. The van der Waals surface area contributed by atoms with E-state index < -0.39 is 0 Å². The van der Waals surface area contributed by atoms with Crippen molar-refractivity contribution in [3.8, 4) is 0 Å². The average Bonchev–Trinajstić information content (AvgIpc) is 3.13. The van der Waals surface area contributed by atoms with Gasteiger partial charge in [0.15, 0.2) is 0 Å². The fourth-order valence-electron chi connectivity index (χ4n) is 5.99. The summed E-state index contributed by atoms with van der Waals surface area (Å²) in [4.78, 5) is 22.3. The van der Waals surface area contributed by atoms with Crippen molar-refractivity contribution < 1.29 is 14.0 Å². The third-order valence-electron chi connectivity index (χ3n) is 7.43. The van der Waals surface area contributed by atoms with Crippen LogP contribution in [0, 0.1) is 11.7 Å². The molecule has 2 fully saturated rings. The molecule has 4 atom stereocenters. The molecule has 4 unspecified atom stereocenters. The Hall–Kier alpha value is -1.29. The highest BCUT2D eigenvalue weighted by Gasteiger charge is 2.48. The first-order chi connectivity index (χ1) is 17.0. The smallest absolute Gasteiger partial charge is 0.234 e. The number of piperidine rings is 1. The molecule has 2 bridgehead atoms. The molecule has 9 heteroatoms. The van der Waals surface area contributed by atoms with E-state index >= 15 is 0 Å². The number of carbonyl (C=O) groups is 1. The van der Waals surface area contributed by atoms with Gasteiger partial charge < -0.3 is 10.2 Å². The van der Waals surface area contributed by atoms with Crippen LogP contribution in [0.2, 0.25) is 0 Å². The first-order valence-electron chi connectivity index (χ1n) is 12.8. The van der Waals surface area contributed by atoms with Crippen molar-refractivity contribution in [2.24, 2.45) is 11.1 Å². The van der Waals surface area contributed by atoms with Crippen molar-refractivity contribution in [1.29, 1.82) is 0 Å². The minimum atomic E-state index is -0.197. The van der Waals surface area contributed by atoms with Crippen LogP contribution in [-0.4, -0.2) is 84.8 Å². The number of benzene rings is 1. The highest BCUT2D eigenvalue weighted by Crippen LogP contribution is 2.48. The maximum atomic E-state index is 13.6. The molecule has 1 N–H and O–H groups in total. The lowest BCUT2D eigenvalue weighted by molar-refractivity contribution is -0.122. The van der Waals surface area contributed by atoms with Crippen LogP contribution < -0.4 is 5.32 Å². The van der Waals surface area contributed by atoms with Gasteiger partial charge in [0.2, 0.25) is 5.91 Å². The number of hydrogen-bond acceptors (Lipinski definition) is 7. The summed E-state index contributed by atoms with van der Waals surface area (Å²) in [6.45, 7) is 5.78. The summed E-state index contributed by atoms with van der Waals surface area (Å²) in [5.41, 5.74) is 2.28. The summed E-state index contributed by atoms with van der Waals surface area (Å²) < 4.78 is 13.6. The van der Waals surface area contributed by atoms with Crippen LogP contribution in [-0.2, 0) is 9.63 Å². The predicted molar refractivity (Wildman–Crippen MR) is 147 cm³/mol. The molecule has 0 saturated carbocycles. The lowest BCUT2D eigenvalue weighted by Gasteiger charge is -2.45. The number of oxime groups is 1. The zero-order valence-electron chi connectivity index (χ0n) is 21.0. The van der Waals surface area contributed by atoms with Gasteiger partial charge in [0.05, 0.1) is 12.3 Å². The SMILES string of the molecule is CC/C(=N/OC)C1C(c2ccc(F)cc2)CC2CCC1N2CCCN(CCS)CC(=O)NCCS. The van der Waals surface area contributed by atoms with Gasteiger partial charge in [0.1, 0.15) is 12.9 Å². The molecule has 0 radical (unpaired) electrons. The second kappa shape index (κ2) is 14.4. The molecular weight excluding hydrogens is 483 g/mol. The van der Waals surface area contributed by atoms with Crippen molar-refractivity contribution >= 4 is 36.9 Å². The van der Waals surface area contributed by atoms with Crippen LogP contribution in [0.3, 0.4) is 0 Å². The van der Waals surface area contributed by atoms with E-state index in [-0.39, 0.29) is 17.6 Å². The Morgan fingerprint density at radius 3 is 2.66 bits per heavy atom. The van der Waals surface area contributed by atoms with Crippen molar-refractivity contribution in [3.63, 3.8) is 0 Å². The van der Waals surface area contributed by atoms with Crippen LogP contribution in [0.25, 0.3) is 0 Å². The highest BCUT2D eigenvalue weighted by atomic mass is 32.1. The number of amides is 1. The van der Waals surface area contributed by atoms with Gasteiger partial charge in [0, 0.05) is 42.6 Å². The van der Waals surface area contributed by atoms with Gasteiger partial charge in [-0.05, 0) is 68.8 Å². The predicted octanol–water partition coefficient (Wildman–Crippen LogP) is 3.84. The summed E-state index contributed by atoms with van der Waals surface area (Å²) in [6.07, 6.45) is 5.19. The number of rotatable bonds is 14. The normalized spacial score (nSPS) is 24.7. The molecule has 2 aliphatic rings. The van der Waals surface area contributed by atoms with Crippen LogP contribution in [0.4, 0.5) is 4.39 Å². The molecule has 0 spiro atoms. The maximum Gasteiger partial charge on any atom is 0.234 e. The summed E-state index contributed by atoms with van der Waals surface area (Å²) in [5.74, 6) is 1.78. The molecule has 0 aromatic heterocycles. The first kappa shape index (κ1) is 28.3. The van der Waals surface area contributed by atoms with Gasteiger partial charge in [-0.1, -0.05) is 24.2 Å². The van der Waals surface area contributed by atoms with Crippen LogP contribution >= 0.6 is 25.3 Å². The minimum absolute atomic E-state index is 0.0458. The Morgan fingerprint density at radius 2 is 2.00 bits per heavy atom. The third-order valence-corrected chi connectivity index (χ3v) is 7.85. The average molecular weight is 525 g/mol. The molecule has 1 aromatic rings. The Bertz CT molecular complexity index is 826. The Kier molecular flexibility index (Phi) is 11.7. The number of nitrogens with one attached hydrogen (secondary N) is 1. The summed E-state index contributed by atoms with van der Waals surface area (Å²) in [6, 6.07) is 7.94. The van der Waals surface area contributed by atoms with Gasteiger partial charge in [0.25, 0.3) is 0 Å². The molecular formula is C26H41FN4O2S2. The summed E-state index contributed by atoms with van der Waals surface area (Å²) >= 11 is 8.55. The number of thiol groups is 2. The van der Waals surface area contributed by atoms with Gasteiger partial charge in [-0.2, -0.15) is 25.3 Å². The number of fused-ring (bicyclic) bond motifs is 2. The molecule has 6 nitrogen and oxygen atoms in total. The van der Waals surface area contributed by atoms with E-state index in [0.717, 1.165) is 56.8 Å². The lowest BCUT2D eigenvalue weighted by Crippen LogP contribution is -2.51. The van der Waals surface area contributed by atoms with E-state index in [1.807, 2.05) is 12.1 Å². The zero-order chi connectivity index (χ0) is 25.2. The first-order valence-corrected chi connectivity index (χ1v) is 14.1. The molecule has 2 saturated heterocycles. The van der Waals surface area contributed by atoms with Crippen molar-refractivity contribution in [2.75, 3.05) is 51.3 Å². The lowest BCUT2D eigenvalue weighted by atomic mass is 9.73. The van der Waals surface area contributed by atoms with E-state index in [9.17, 15) is 9.18 Å². The topological polar surface area (TPSA) is 57.2 Å².